The number of carbonyl (C=O) groups is 1. The highest BCUT2D eigenvalue weighted by molar-refractivity contribution is 5.72. The van der Waals surface area contributed by atoms with Crippen LogP contribution in [0.5, 0.6) is 0 Å². The predicted octanol–water partition coefficient (Wildman–Crippen LogP) is 1.98. The van der Waals surface area contributed by atoms with Crippen molar-refractivity contribution in [1.29, 1.82) is 0 Å². The summed E-state index contributed by atoms with van der Waals surface area (Å²) in [7, 11) is 1.30. The third kappa shape index (κ3) is 3.09. The lowest BCUT2D eigenvalue weighted by molar-refractivity contribution is -0.139. The predicted molar refractivity (Wildman–Crippen MR) is 56.5 cm³/mol. The van der Waals surface area contributed by atoms with Crippen LogP contribution in [0.1, 0.15) is 12.0 Å². The van der Waals surface area contributed by atoms with Gasteiger partial charge in [-0.3, -0.25) is 4.79 Å². The third-order valence-corrected chi connectivity index (χ3v) is 1.87. The van der Waals surface area contributed by atoms with Crippen LogP contribution >= 0.6 is 0 Å². The van der Waals surface area contributed by atoms with E-state index in [4.69, 9.17) is 5.73 Å². The Morgan fingerprint density at radius 1 is 1.60 bits per heavy atom. The molecule has 0 aliphatic carbocycles. The minimum Gasteiger partial charge on any atom is -0.469 e. The molecule has 0 radical (unpaired) electrons. The lowest BCUT2D eigenvalue weighted by atomic mass is 10.1. The zero-order valence-corrected chi connectivity index (χ0v) is 8.37. The average molecular weight is 209 g/mol. The number of hydrogen-bond acceptors (Lipinski definition) is 3. The average Bonchev–Trinajstić information content (AvgIpc) is 2.24. The van der Waals surface area contributed by atoms with Crippen LogP contribution in [0.25, 0.3) is 6.08 Å². The molecule has 1 rings (SSSR count). The van der Waals surface area contributed by atoms with Gasteiger partial charge in [0.1, 0.15) is 0 Å². The molecular weight excluding hydrogens is 197 g/mol. The first-order valence-corrected chi connectivity index (χ1v) is 4.42. The molecule has 15 heavy (non-hydrogen) atoms. The largest absolute Gasteiger partial charge is 0.469 e. The van der Waals surface area contributed by atoms with Crippen molar-refractivity contribution in [3.8, 4) is 0 Å². The summed E-state index contributed by atoms with van der Waals surface area (Å²) in [6.07, 6.45) is 3.15. The fourth-order valence-corrected chi connectivity index (χ4v) is 1.06. The van der Waals surface area contributed by atoms with Gasteiger partial charge in [0.15, 0.2) is 5.82 Å². The maximum absolute atomic E-state index is 13.3. The summed E-state index contributed by atoms with van der Waals surface area (Å²) in [5.74, 6) is -0.839. The number of rotatable bonds is 3. The number of halogens is 1. The van der Waals surface area contributed by atoms with Crippen LogP contribution in [-0.4, -0.2) is 13.1 Å². The molecule has 0 atom stereocenters. The van der Waals surface area contributed by atoms with Crippen LogP contribution in [-0.2, 0) is 9.53 Å². The number of methoxy groups -OCH3 is 1. The molecule has 0 heterocycles. The van der Waals surface area contributed by atoms with Crippen molar-refractivity contribution in [2.75, 3.05) is 12.8 Å². The lowest BCUT2D eigenvalue weighted by Gasteiger charge is -1.99. The Labute approximate surface area is 87.3 Å². The molecule has 3 nitrogen and oxygen atoms in total. The highest BCUT2D eigenvalue weighted by Crippen LogP contribution is 2.15. The SMILES string of the molecule is COC(=O)CC=Cc1cccc(N)c1F. The van der Waals surface area contributed by atoms with Crippen LogP contribution in [0.4, 0.5) is 10.1 Å². The molecule has 80 valence electrons. The zero-order chi connectivity index (χ0) is 11.3. The van der Waals surface area contributed by atoms with Gasteiger partial charge < -0.3 is 10.5 Å². The third-order valence-electron chi connectivity index (χ3n) is 1.87. The molecule has 0 aliphatic rings. The van der Waals surface area contributed by atoms with E-state index in [1.807, 2.05) is 0 Å². The number of esters is 1. The monoisotopic (exact) mass is 209 g/mol. The van der Waals surface area contributed by atoms with Gasteiger partial charge in [-0.2, -0.15) is 0 Å². The fourth-order valence-electron chi connectivity index (χ4n) is 1.06. The maximum Gasteiger partial charge on any atom is 0.309 e. The molecule has 0 amide bonds. The molecule has 0 fully saturated rings. The van der Waals surface area contributed by atoms with E-state index in [9.17, 15) is 9.18 Å². The smallest absolute Gasteiger partial charge is 0.309 e. The molecule has 4 heteroatoms. The van der Waals surface area contributed by atoms with Crippen molar-refractivity contribution in [3.05, 3.63) is 35.7 Å². The van der Waals surface area contributed by atoms with Gasteiger partial charge in [-0.05, 0) is 6.07 Å². The molecule has 0 saturated heterocycles. The zero-order valence-electron chi connectivity index (χ0n) is 8.37. The molecule has 0 bridgehead atoms. The van der Waals surface area contributed by atoms with E-state index < -0.39 is 5.82 Å². The Hall–Kier alpha value is -1.84. The number of ether oxygens (including phenoxy) is 1. The minimum atomic E-state index is -0.474. The summed E-state index contributed by atoms with van der Waals surface area (Å²) in [6.45, 7) is 0. The first-order valence-electron chi connectivity index (χ1n) is 4.42. The van der Waals surface area contributed by atoms with Crippen LogP contribution in [0, 0.1) is 5.82 Å². The lowest BCUT2D eigenvalue weighted by Crippen LogP contribution is -1.97. The Kier molecular flexibility index (Phi) is 3.85. The Bertz CT molecular complexity index is 388. The van der Waals surface area contributed by atoms with Crippen LogP contribution in [0.15, 0.2) is 24.3 Å². The summed E-state index contributed by atoms with van der Waals surface area (Å²) in [6, 6.07) is 4.71. The van der Waals surface area contributed by atoms with Gasteiger partial charge in [0.25, 0.3) is 0 Å². The second-order valence-electron chi connectivity index (χ2n) is 2.93. The van der Waals surface area contributed by atoms with Crippen LogP contribution < -0.4 is 5.73 Å². The standard InChI is InChI=1S/C11H12FNO2/c1-15-10(14)7-3-5-8-4-2-6-9(13)11(8)12/h2-6H,7,13H2,1H3. The fraction of sp³-hybridized carbons (Fsp3) is 0.182. The summed E-state index contributed by atoms with van der Waals surface area (Å²) >= 11 is 0. The normalized spacial score (nSPS) is 10.5. The highest BCUT2D eigenvalue weighted by Gasteiger charge is 2.01. The molecule has 0 saturated carbocycles. The van der Waals surface area contributed by atoms with E-state index >= 15 is 0 Å². The number of hydrogen-bond donors (Lipinski definition) is 1. The maximum atomic E-state index is 13.3. The van der Waals surface area contributed by atoms with Gasteiger partial charge in [-0.1, -0.05) is 24.3 Å². The second-order valence-corrected chi connectivity index (χ2v) is 2.93. The molecule has 2 N–H and O–H groups in total. The van der Waals surface area contributed by atoms with Crippen molar-refractivity contribution in [2.24, 2.45) is 0 Å². The number of benzene rings is 1. The van der Waals surface area contributed by atoms with Gasteiger partial charge in [0.05, 0.1) is 19.2 Å². The van der Waals surface area contributed by atoms with Crippen LogP contribution in [0.3, 0.4) is 0 Å². The number of carbonyl (C=O) groups excluding carboxylic acids is 1. The van der Waals surface area contributed by atoms with Crippen molar-refractivity contribution in [2.45, 2.75) is 6.42 Å². The molecule has 0 aliphatic heterocycles. The van der Waals surface area contributed by atoms with E-state index in [0.717, 1.165) is 0 Å². The summed E-state index contributed by atoms with van der Waals surface area (Å²) < 4.78 is 17.7. The summed E-state index contributed by atoms with van der Waals surface area (Å²) in [5, 5.41) is 0. The Morgan fingerprint density at radius 2 is 2.33 bits per heavy atom. The van der Waals surface area contributed by atoms with Crippen molar-refractivity contribution < 1.29 is 13.9 Å². The van der Waals surface area contributed by atoms with E-state index in [1.165, 1.54) is 25.3 Å². The summed E-state index contributed by atoms with van der Waals surface area (Å²) in [5.41, 5.74) is 5.83. The van der Waals surface area contributed by atoms with Crippen LogP contribution in [0.2, 0.25) is 0 Å². The second kappa shape index (κ2) is 5.14. The quantitative estimate of drug-likeness (QED) is 0.611. The van der Waals surface area contributed by atoms with Crippen molar-refractivity contribution >= 4 is 17.7 Å². The first-order chi connectivity index (χ1) is 7.15. The van der Waals surface area contributed by atoms with E-state index in [1.54, 1.807) is 12.1 Å². The molecule has 1 aromatic rings. The Morgan fingerprint density at radius 3 is 3.00 bits per heavy atom. The van der Waals surface area contributed by atoms with E-state index in [2.05, 4.69) is 4.74 Å². The molecule has 1 aromatic carbocycles. The van der Waals surface area contributed by atoms with E-state index in [0.29, 0.717) is 5.56 Å². The number of anilines is 1. The topological polar surface area (TPSA) is 52.3 Å². The Balaban J connectivity index is 2.72. The number of nitrogen functional groups attached to an aromatic ring is 1. The van der Waals surface area contributed by atoms with Gasteiger partial charge >= 0.3 is 5.97 Å². The number of nitrogens with two attached hydrogens (primary N) is 1. The van der Waals surface area contributed by atoms with Gasteiger partial charge in [0, 0.05) is 5.56 Å². The van der Waals surface area contributed by atoms with Gasteiger partial charge in [-0.15, -0.1) is 0 Å². The van der Waals surface area contributed by atoms with E-state index in [-0.39, 0.29) is 18.1 Å². The van der Waals surface area contributed by atoms with Gasteiger partial charge in [-0.25, -0.2) is 4.39 Å². The molecule has 0 unspecified atom stereocenters. The summed E-state index contributed by atoms with van der Waals surface area (Å²) in [4.78, 5) is 10.8. The first kappa shape index (κ1) is 11.2. The van der Waals surface area contributed by atoms with Crippen molar-refractivity contribution in [1.82, 2.24) is 0 Å². The minimum absolute atomic E-state index is 0.0928. The molecule has 0 spiro atoms. The molecular formula is C11H12FNO2. The van der Waals surface area contributed by atoms with Crippen molar-refractivity contribution in [3.63, 3.8) is 0 Å². The highest BCUT2D eigenvalue weighted by atomic mass is 19.1. The van der Waals surface area contributed by atoms with Gasteiger partial charge in [0.2, 0.25) is 0 Å². The molecule has 0 aromatic heterocycles.